The van der Waals surface area contributed by atoms with Crippen molar-refractivity contribution in [2.24, 2.45) is 5.92 Å². The van der Waals surface area contributed by atoms with Crippen LogP contribution in [0.5, 0.6) is 5.75 Å². The second-order valence-corrected chi connectivity index (χ2v) is 5.59. The van der Waals surface area contributed by atoms with Gasteiger partial charge in [-0.2, -0.15) is 0 Å². The largest absolute Gasteiger partial charge is 0.497 e. The molecule has 0 spiro atoms. The predicted octanol–water partition coefficient (Wildman–Crippen LogP) is 1.81. The lowest BCUT2D eigenvalue weighted by atomic mass is 9.86. The fourth-order valence-corrected chi connectivity index (χ4v) is 2.68. The van der Waals surface area contributed by atoms with Gasteiger partial charge in [0.2, 0.25) is 0 Å². The maximum absolute atomic E-state index is 12.3. The Kier molecular flexibility index (Phi) is 6.59. The number of anilines is 1. The molecule has 0 radical (unpaired) electrons. The van der Waals surface area contributed by atoms with E-state index < -0.39 is 23.8 Å². The SMILES string of the molecule is COC(=O)CC1C(C(=O)OC)=CN(c2ccc(OC)cc2)C=C1C(=O)OC. The van der Waals surface area contributed by atoms with Gasteiger partial charge in [0, 0.05) is 24.0 Å². The van der Waals surface area contributed by atoms with Crippen LogP contribution in [-0.4, -0.2) is 46.3 Å². The molecule has 1 heterocycles. The molecule has 27 heavy (non-hydrogen) atoms. The zero-order valence-corrected chi connectivity index (χ0v) is 15.6. The Balaban J connectivity index is 2.52. The normalized spacial score (nSPS) is 14.0. The lowest BCUT2D eigenvalue weighted by Crippen LogP contribution is -2.31. The zero-order valence-electron chi connectivity index (χ0n) is 15.6. The Morgan fingerprint density at radius 2 is 1.37 bits per heavy atom. The average molecular weight is 375 g/mol. The molecule has 0 unspecified atom stereocenters. The van der Waals surface area contributed by atoms with Crippen LogP contribution in [0.25, 0.3) is 0 Å². The highest BCUT2D eigenvalue weighted by Crippen LogP contribution is 2.34. The van der Waals surface area contributed by atoms with Crippen LogP contribution in [0.4, 0.5) is 5.69 Å². The highest BCUT2D eigenvalue weighted by atomic mass is 16.5. The van der Waals surface area contributed by atoms with Gasteiger partial charge in [-0.05, 0) is 24.3 Å². The van der Waals surface area contributed by atoms with E-state index in [0.717, 1.165) is 0 Å². The van der Waals surface area contributed by atoms with E-state index >= 15 is 0 Å². The number of hydrogen-bond acceptors (Lipinski definition) is 8. The van der Waals surface area contributed by atoms with E-state index in [-0.39, 0.29) is 17.6 Å². The number of nitrogens with zero attached hydrogens (tertiary/aromatic N) is 1. The molecule has 8 heteroatoms. The molecule has 0 N–H and O–H groups in total. The summed E-state index contributed by atoms with van der Waals surface area (Å²) in [6.07, 6.45) is 2.84. The maximum Gasteiger partial charge on any atom is 0.335 e. The first kappa shape index (κ1) is 20.0. The fraction of sp³-hybridized carbons (Fsp3) is 0.316. The molecule has 0 saturated heterocycles. The molecule has 0 saturated carbocycles. The summed E-state index contributed by atoms with van der Waals surface area (Å²) < 4.78 is 19.5. The van der Waals surface area contributed by atoms with Crippen molar-refractivity contribution in [2.75, 3.05) is 33.3 Å². The van der Waals surface area contributed by atoms with Gasteiger partial charge in [-0.15, -0.1) is 0 Å². The summed E-state index contributed by atoms with van der Waals surface area (Å²) in [5.74, 6) is -2.06. The first-order valence-electron chi connectivity index (χ1n) is 8.04. The monoisotopic (exact) mass is 375 g/mol. The van der Waals surface area contributed by atoms with Crippen LogP contribution in [0.1, 0.15) is 6.42 Å². The van der Waals surface area contributed by atoms with Crippen molar-refractivity contribution in [1.82, 2.24) is 0 Å². The van der Waals surface area contributed by atoms with E-state index in [1.54, 1.807) is 36.3 Å². The molecule has 1 aromatic carbocycles. The summed E-state index contributed by atoms with van der Waals surface area (Å²) in [6.45, 7) is 0. The van der Waals surface area contributed by atoms with E-state index in [1.807, 2.05) is 0 Å². The van der Waals surface area contributed by atoms with Crippen molar-refractivity contribution in [3.05, 3.63) is 47.8 Å². The van der Waals surface area contributed by atoms with Crippen molar-refractivity contribution in [3.8, 4) is 5.75 Å². The van der Waals surface area contributed by atoms with Crippen molar-refractivity contribution < 1.29 is 33.3 Å². The quantitative estimate of drug-likeness (QED) is 0.549. The number of benzene rings is 1. The zero-order chi connectivity index (χ0) is 20.0. The van der Waals surface area contributed by atoms with Crippen LogP contribution in [-0.2, 0) is 28.6 Å². The molecule has 1 aliphatic rings. The Labute approximate surface area is 156 Å². The molecule has 0 fully saturated rings. The third-order valence-corrected chi connectivity index (χ3v) is 4.12. The molecule has 1 aromatic rings. The molecule has 0 bridgehead atoms. The summed E-state index contributed by atoms with van der Waals surface area (Å²) in [5.41, 5.74) is 0.957. The van der Waals surface area contributed by atoms with Crippen LogP contribution in [0.3, 0.4) is 0 Å². The number of methoxy groups -OCH3 is 4. The van der Waals surface area contributed by atoms with Gasteiger partial charge in [0.05, 0.1) is 46.0 Å². The van der Waals surface area contributed by atoms with Crippen LogP contribution >= 0.6 is 0 Å². The smallest absolute Gasteiger partial charge is 0.335 e. The number of esters is 3. The Hall–Kier alpha value is -3.29. The van der Waals surface area contributed by atoms with Crippen molar-refractivity contribution in [3.63, 3.8) is 0 Å². The van der Waals surface area contributed by atoms with E-state index in [4.69, 9.17) is 14.2 Å². The van der Waals surface area contributed by atoms with Gasteiger partial charge >= 0.3 is 17.9 Å². The predicted molar refractivity (Wildman–Crippen MR) is 95.8 cm³/mol. The first-order chi connectivity index (χ1) is 12.9. The minimum absolute atomic E-state index is 0.140. The topological polar surface area (TPSA) is 91.4 Å². The average Bonchev–Trinajstić information content (AvgIpc) is 2.72. The van der Waals surface area contributed by atoms with Crippen molar-refractivity contribution in [1.29, 1.82) is 0 Å². The maximum atomic E-state index is 12.3. The lowest BCUT2D eigenvalue weighted by Gasteiger charge is -2.29. The summed E-state index contributed by atoms with van der Waals surface area (Å²) >= 11 is 0. The molecular weight excluding hydrogens is 354 g/mol. The standard InChI is InChI=1S/C19H21NO7/c1-24-13-7-5-12(6-8-13)20-10-15(18(22)26-3)14(9-17(21)25-2)16(11-20)19(23)27-4/h5-8,10-11,14H,9H2,1-4H3. The third-order valence-electron chi connectivity index (χ3n) is 4.12. The molecular formula is C19H21NO7. The Morgan fingerprint density at radius 1 is 0.852 bits per heavy atom. The first-order valence-corrected chi connectivity index (χ1v) is 8.04. The van der Waals surface area contributed by atoms with Gasteiger partial charge in [0.1, 0.15) is 5.75 Å². The molecule has 8 nitrogen and oxygen atoms in total. The minimum atomic E-state index is -0.841. The van der Waals surface area contributed by atoms with E-state index in [0.29, 0.717) is 11.4 Å². The summed E-state index contributed by atoms with van der Waals surface area (Å²) in [5, 5.41) is 0. The van der Waals surface area contributed by atoms with Crippen LogP contribution < -0.4 is 9.64 Å². The van der Waals surface area contributed by atoms with E-state index in [9.17, 15) is 14.4 Å². The van der Waals surface area contributed by atoms with E-state index in [1.165, 1.54) is 33.7 Å². The highest BCUT2D eigenvalue weighted by Gasteiger charge is 2.36. The van der Waals surface area contributed by atoms with Crippen molar-refractivity contribution in [2.45, 2.75) is 6.42 Å². The van der Waals surface area contributed by atoms with Gasteiger partial charge < -0.3 is 23.8 Å². The molecule has 0 amide bonds. The van der Waals surface area contributed by atoms with Gasteiger partial charge in [-0.1, -0.05) is 0 Å². The second kappa shape index (κ2) is 8.88. The summed E-state index contributed by atoms with van der Waals surface area (Å²) in [6, 6.07) is 7.01. The molecule has 0 atom stereocenters. The van der Waals surface area contributed by atoms with Crippen LogP contribution in [0.2, 0.25) is 0 Å². The number of hydrogen-bond donors (Lipinski definition) is 0. The highest BCUT2D eigenvalue weighted by molar-refractivity contribution is 5.99. The number of rotatable bonds is 6. The number of ether oxygens (including phenoxy) is 4. The summed E-state index contributed by atoms with van der Waals surface area (Å²) in [4.78, 5) is 38.0. The lowest BCUT2D eigenvalue weighted by molar-refractivity contribution is -0.142. The van der Waals surface area contributed by atoms with Gasteiger partial charge in [0.15, 0.2) is 0 Å². The minimum Gasteiger partial charge on any atom is -0.497 e. The summed E-state index contributed by atoms with van der Waals surface area (Å²) in [7, 11) is 5.24. The Bertz CT molecular complexity index is 746. The van der Waals surface area contributed by atoms with E-state index in [2.05, 4.69) is 4.74 Å². The molecule has 144 valence electrons. The van der Waals surface area contributed by atoms with Gasteiger partial charge in [-0.3, -0.25) is 4.79 Å². The van der Waals surface area contributed by atoms with Crippen LogP contribution in [0.15, 0.2) is 47.8 Å². The van der Waals surface area contributed by atoms with Crippen molar-refractivity contribution >= 4 is 23.6 Å². The number of carbonyl (C=O) groups excluding carboxylic acids is 3. The molecule has 0 aliphatic carbocycles. The fourth-order valence-electron chi connectivity index (χ4n) is 2.68. The Morgan fingerprint density at radius 3 is 1.78 bits per heavy atom. The molecule has 2 rings (SSSR count). The molecule has 0 aromatic heterocycles. The van der Waals surface area contributed by atoms with Crippen LogP contribution in [0, 0.1) is 5.92 Å². The third kappa shape index (κ3) is 4.46. The van der Waals surface area contributed by atoms with Gasteiger partial charge in [0.25, 0.3) is 0 Å². The second-order valence-electron chi connectivity index (χ2n) is 5.59. The van der Waals surface area contributed by atoms with Gasteiger partial charge in [-0.25, -0.2) is 9.59 Å². The molecule has 1 aliphatic heterocycles. The number of carbonyl (C=O) groups is 3.